The summed E-state index contributed by atoms with van der Waals surface area (Å²) in [6.45, 7) is 19.4. The van der Waals surface area contributed by atoms with Gasteiger partial charge in [0, 0.05) is 50.5 Å². The smallest absolute Gasteiger partial charge is 0.245 e. The highest BCUT2D eigenvalue weighted by Gasteiger charge is 2.43. The van der Waals surface area contributed by atoms with Gasteiger partial charge in [0.25, 0.3) is 0 Å². The molecule has 1 aliphatic heterocycles. The molecule has 13 heteroatoms. The van der Waals surface area contributed by atoms with Crippen molar-refractivity contribution in [3.05, 3.63) is 35.9 Å². The summed E-state index contributed by atoms with van der Waals surface area (Å²) in [4.78, 5) is 84.9. The Morgan fingerprint density at radius 3 is 2.04 bits per heavy atom. The highest BCUT2D eigenvalue weighted by molar-refractivity contribution is 5.91. The number of aldehydes is 1. The molecule has 0 unspecified atom stereocenters. The number of likely N-dealkylation sites (tertiary alicyclic amines) is 1. The van der Waals surface area contributed by atoms with Crippen LogP contribution in [-0.2, 0) is 39.9 Å². The fraction of sp³-hybridized carbons (Fsp3) is 0.721. The summed E-state index contributed by atoms with van der Waals surface area (Å²) in [5, 5.41) is 11.9. The van der Waals surface area contributed by atoms with Gasteiger partial charge in [0.2, 0.25) is 29.5 Å². The summed E-state index contributed by atoms with van der Waals surface area (Å²) < 4.78 is 5.99. The zero-order valence-corrected chi connectivity index (χ0v) is 36.3. The maximum Gasteiger partial charge on any atom is 0.245 e. The average Bonchev–Trinajstić information content (AvgIpc) is 3.62. The lowest BCUT2D eigenvalue weighted by atomic mass is 9.85. The van der Waals surface area contributed by atoms with E-state index >= 15 is 0 Å². The van der Waals surface area contributed by atoms with Gasteiger partial charge in [-0.1, -0.05) is 85.2 Å². The second-order valence-corrected chi connectivity index (χ2v) is 17.3. The van der Waals surface area contributed by atoms with Gasteiger partial charge in [0.15, 0.2) is 0 Å². The van der Waals surface area contributed by atoms with Crippen LogP contribution >= 0.6 is 0 Å². The molecular weight excluding hydrogens is 713 g/mol. The third-order valence-corrected chi connectivity index (χ3v) is 11.2. The molecule has 0 aliphatic carbocycles. The highest BCUT2D eigenvalue weighted by Crippen LogP contribution is 2.31. The van der Waals surface area contributed by atoms with Crippen LogP contribution in [0.25, 0.3) is 0 Å². The minimum atomic E-state index is -0.872. The number of hydrogen-bond acceptors (Lipinski definition) is 8. The molecule has 0 aromatic heterocycles. The van der Waals surface area contributed by atoms with E-state index < -0.39 is 59.6 Å². The quantitative estimate of drug-likeness (QED) is 0.137. The third kappa shape index (κ3) is 13.4. The van der Waals surface area contributed by atoms with Crippen LogP contribution < -0.4 is 21.3 Å². The lowest BCUT2D eigenvalue weighted by molar-refractivity contribution is -0.147. The number of carbonyl (C=O) groups is 6. The number of likely N-dealkylation sites (N-methyl/N-ethyl adjacent to an activating group) is 2. The molecule has 0 spiro atoms. The number of amides is 5. The summed E-state index contributed by atoms with van der Waals surface area (Å²) in [6, 6.07) is 6.25. The lowest BCUT2D eigenvalue weighted by Gasteiger charge is -2.41. The van der Waals surface area contributed by atoms with E-state index in [2.05, 4.69) is 21.3 Å². The number of nitrogens with zero attached hydrogens (tertiary/aromatic N) is 2. The summed E-state index contributed by atoms with van der Waals surface area (Å²) in [6.07, 6.45) is 2.18. The van der Waals surface area contributed by atoms with Crippen LogP contribution in [0.2, 0.25) is 0 Å². The van der Waals surface area contributed by atoms with Crippen molar-refractivity contribution in [3.63, 3.8) is 0 Å². The zero-order valence-electron chi connectivity index (χ0n) is 36.3. The largest absolute Gasteiger partial charge is 0.379 e. The van der Waals surface area contributed by atoms with Crippen LogP contribution in [0.5, 0.6) is 0 Å². The molecule has 56 heavy (non-hydrogen) atoms. The first kappa shape index (κ1) is 48.3. The Labute approximate surface area is 336 Å². The van der Waals surface area contributed by atoms with Gasteiger partial charge < -0.3 is 40.6 Å². The maximum atomic E-state index is 14.2. The van der Waals surface area contributed by atoms with Crippen LogP contribution in [-0.4, -0.2) is 115 Å². The van der Waals surface area contributed by atoms with Crippen molar-refractivity contribution in [2.45, 2.75) is 143 Å². The van der Waals surface area contributed by atoms with Crippen molar-refractivity contribution in [1.29, 1.82) is 0 Å². The molecule has 1 fully saturated rings. The molecule has 9 atom stereocenters. The zero-order chi connectivity index (χ0) is 42.5. The van der Waals surface area contributed by atoms with Crippen LogP contribution in [0.3, 0.4) is 0 Å². The lowest BCUT2D eigenvalue weighted by Crippen LogP contribution is -2.59. The predicted molar refractivity (Wildman–Crippen MR) is 219 cm³/mol. The Hall–Kier alpha value is -3.84. The number of benzene rings is 1. The summed E-state index contributed by atoms with van der Waals surface area (Å²) >= 11 is 0. The number of methoxy groups -OCH3 is 1. The topological polar surface area (TPSA) is 166 Å². The van der Waals surface area contributed by atoms with Crippen molar-refractivity contribution >= 4 is 35.8 Å². The molecule has 1 aromatic rings. The summed E-state index contributed by atoms with van der Waals surface area (Å²) in [5.74, 6) is -3.43. The number of nitrogens with one attached hydrogen (secondary N) is 4. The van der Waals surface area contributed by atoms with Crippen LogP contribution in [0, 0.1) is 29.6 Å². The predicted octanol–water partition coefficient (Wildman–Crippen LogP) is 3.73. The molecule has 0 radical (unpaired) electrons. The van der Waals surface area contributed by atoms with E-state index in [-0.39, 0.29) is 54.2 Å². The Bertz CT molecular complexity index is 1450. The average molecular weight is 785 g/mol. The Balaban J connectivity index is 2.31. The molecule has 316 valence electrons. The molecule has 1 aliphatic rings. The van der Waals surface area contributed by atoms with Gasteiger partial charge in [-0.3, -0.25) is 24.0 Å². The normalized spacial score (nSPS) is 18.9. The minimum absolute atomic E-state index is 0.0134. The third-order valence-electron chi connectivity index (χ3n) is 11.2. The molecule has 0 saturated carbocycles. The van der Waals surface area contributed by atoms with Crippen molar-refractivity contribution in [2.75, 3.05) is 27.7 Å². The summed E-state index contributed by atoms with van der Waals surface area (Å²) in [7, 11) is 4.94. The number of hydrogen-bond donors (Lipinski definition) is 4. The van der Waals surface area contributed by atoms with Gasteiger partial charge in [-0.15, -0.1) is 0 Å². The molecule has 4 N–H and O–H groups in total. The van der Waals surface area contributed by atoms with Gasteiger partial charge in [-0.25, -0.2) is 0 Å². The van der Waals surface area contributed by atoms with Crippen molar-refractivity contribution in [2.24, 2.45) is 29.6 Å². The first-order chi connectivity index (χ1) is 26.2. The minimum Gasteiger partial charge on any atom is -0.379 e. The second-order valence-electron chi connectivity index (χ2n) is 17.3. The SMILES string of the molecule is CC[C@H](C)[C@@H]([C@@H](CC(=O)N1CCC[C@H]1[C@H](C=O)[C@@H](C)C(=O)N[C@@H](Cc1ccccc1)C(=O)NC(C)(C)C)OC)N(C)C(=O)[C@@H](NC(=O)[C@@H](NC)C(C)C)C(C)C. The molecular formula is C43H72N6O7. The van der Waals surface area contributed by atoms with E-state index in [9.17, 15) is 28.8 Å². The number of carbonyl (C=O) groups excluding carboxylic acids is 6. The van der Waals surface area contributed by atoms with E-state index in [0.29, 0.717) is 25.8 Å². The van der Waals surface area contributed by atoms with E-state index in [0.717, 1.165) is 11.8 Å². The van der Waals surface area contributed by atoms with E-state index in [1.165, 1.54) is 7.11 Å². The molecule has 13 nitrogen and oxygen atoms in total. The van der Waals surface area contributed by atoms with Gasteiger partial charge in [0.05, 0.1) is 24.6 Å². The molecule has 1 aromatic carbocycles. The van der Waals surface area contributed by atoms with Gasteiger partial charge >= 0.3 is 0 Å². The standard InChI is InChI=1S/C43H72N6O7/c1-14-28(6)38(48(12)42(55)37(27(4)5)46-41(54)36(44-11)26(2)3)34(56-13)24-35(51)49-22-18-21-33(49)31(25-50)29(7)39(52)45-32(40(53)47-43(8,9)10)23-30-19-16-15-17-20-30/h15-17,19-20,25-29,31-34,36-38,44H,14,18,21-24H2,1-13H3,(H,45,52)(H,46,54)(H,47,53)/t28-,29+,31+,32-,33-,34+,36-,37-,38-/m0/s1. The van der Waals surface area contributed by atoms with E-state index in [1.54, 1.807) is 30.8 Å². The monoisotopic (exact) mass is 785 g/mol. The molecule has 1 saturated heterocycles. The Morgan fingerprint density at radius 1 is 0.929 bits per heavy atom. The fourth-order valence-corrected chi connectivity index (χ4v) is 7.80. The van der Waals surface area contributed by atoms with Crippen LogP contribution in [0.4, 0.5) is 0 Å². The molecule has 2 rings (SSSR count). The van der Waals surface area contributed by atoms with Gasteiger partial charge in [-0.2, -0.15) is 0 Å². The van der Waals surface area contributed by atoms with Crippen molar-refractivity contribution < 1.29 is 33.5 Å². The van der Waals surface area contributed by atoms with Crippen LogP contribution in [0.15, 0.2) is 30.3 Å². The first-order valence-electron chi connectivity index (χ1n) is 20.4. The molecule has 5 amide bonds. The molecule has 1 heterocycles. The summed E-state index contributed by atoms with van der Waals surface area (Å²) in [5.41, 5.74) is 0.354. The van der Waals surface area contributed by atoms with Crippen LogP contribution in [0.1, 0.15) is 100 Å². The second kappa shape index (κ2) is 22.2. The Kier molecular flexibility index (Phi) is 19.1. The first-order valence-corrected chi connectivity index (χ1v) is 20.4. The van der Waals surface area contributed by atoms with E-state index in [4.69, 9.17) is 4.74 Å². The maximum absolute atomic E-state index is 14.2. The van der Waals surface area contributed by atoms with Gasteiger partial charge in [0.1, 0.15) is 18.4 Å². The molecule has 0 bridgehead atoms. The van der Waals surface area contributed by atoms with Gasteiger partial charge in [-0.05, 0) is 64.0 Å². The fourth-order valence-electron chi connectivity index (χ4n) is 7.80. The highest BCUT2D eigenvalue weighted by atomic mass is 16.5. The Morgan fingerprint density at radius 2 is 1.54 bits per heavy atom. The number of rotatable bonds is 21. The van der Waals surface area contributed by atoms with Crippen molar-refractivity contribution in [1.82, 2.24) is 31.1 Å². The number of ether oxygens (including phenoxy) is 1. The van der Waals surface area contributed by atoms with Crippen molar-refractivity contribution in [3.8, 4) is 0 Å². The van der Waals surface area contributed by atoms with E-state index in [1.807, 2.05) is 92.6 Å².